The minimum Gasteiger partial charge on any atom is -0.248 e. The molecule has 270 valence electrons. The Morgan fingerprint density at radius 2 is 0.845 bits per heavy atom. The Morgan fingerprint density at radius 3 is 1.62 bits per heavy atom. The molecule has 0 aliphatic heterocycles. The molecule has 0 aliphatic rings. The van der Waals surface area contributed by atoms with E-state index in [1.807, 2.05) is 30.3 Å². The van der Waals surface area contributed by atoms with Gasteiger partial charge in [0.2, 0.25) is 0 Å². The summed E-state index contributed by atoms with van der Waals surface area (Å²) in [5.41, 5.74) is 12.8. The average molecular weight is 739 g/mol. The lowest BCUT2D eigenvalue weighted by Gasteiger charge is -2.15. The summed E-state index contributed by atoms with van der Waals surface area (Å²) in [5.74, 6) is 0.678. The molecule has 0 atom stereocenters. The maximum atomic E-state index is 5.46. The predicted molar refractivity (Wildman–Crippen MR) is 240 cm³/mol. The first-order valence-electron chi connectivity index (χ1n) is 19.5. The Labute approximate surface area is 335 Å². The topological polar surface area (TPSA) is 51.6 Å². The third kappa shape index (κ3) is 6.05. The summed E-state index contributed by atoms with van der Waals surface area (Å²) >= 11 is 0. The summed E-state index contributed by atoms with van der Waals surface area (Å²) in [7, 11) is 0. The number of rotatable bonds is 6. The summed E-state index contributed by atoms with van der Waals surface area (Å²) in [5, 5.41) is 6.80. The van der Waals surface area contributed by atoms with Crippen LogP contribution >= 0.6 is 0 Å². The van der Waals surface area contributed by atoms with Crippen molar-refractivity contribution in [2.24, 2.45) is 0 Å². The molecule has 4 nitrogen and oxygen atoms in total. The van der Waals surface area contributed by atoms with Crippen molar-refractivity contribution in [3.05, 3.63) is 206 Å². The molecular weight excluding hydrogens is 705 g/mol. The van der Waals surface area contributed by atoms with E-state index in [0.717, 1.165) is 94.3 Å². The lowest BCUT2D eigenvalue weighted by Crippen LogP contribution is -1.97. The third-order valence-electron chi connectivity index (χ3n) is 11.0. The van der Waals surface area contributed by atoms with Gasteiger partial charge in [0.05, 0.1) is 33.8 Å². The first-order chi connectivity index (χ1) is 28.7. The second kappa shape index (κ2) is 14.0. The van der Waals surface area contributed by atoms with E-state index in [-0.39, 0.29) is 0 Å². The molecule has 8 aromatic carbocycles. The largest absolute Gasteiger partial charge is 0.248 e. The highest BCUT2D eigenvalue weighted by Gasteiger charge is 2.17. The number of hydrogen-bond donors (Lipinski definition) is 0. The fourth-order valence-electron chi connectivity index (χ4n) is 8.13. The molecule has 0 N–H and O–H groups in total. The number of aromatic nitrogens is 4. The van der Waals surface area contributed by atoms with Gasteiger partial charge in [-0.2, -0.15) is 0 Å². The zero-order valence-electron chi connectivity index (χ0n) is 31.4. The second-order valence-corrected chi connectivity index (χ2v) is 14.6. The van der Waals surface area contributed by atoms with Crippen molar-refractivity contribution >= 4 is 43.4 Å². The van der Waals surface area contributed by atoms with Crippen LogP contribution < -0.4 is 0 Å². The summed E-state index contributed by atoms with van der Waals surface area (Å²) in [6, 6.07) is 72.0. The van der Waals surface area contributed by atoms with E-state index in [2.05, 4.69) is 176 Å². The molecule has 0 saturated carbocycles. The average Bonchev–Trinajstić information content (AvgIpc) is 3.31. The molecular formula is C54H34N4. The number of hydrogen-bond acceptors (Lipinski definition) is 4. The maximum absolute atomic E-state index is 5.46. The van der Waals surface area contributed by atoms with Crippen LogP contribution in [0.1, 0.15) is 0 Å². The fraction of sp³-hybridized carbons (Fsp3) is 0. The van der Waals surface area contributed by atoms with Crippen LogP contribution in [0.3, 0.4) is 0 Å². The van der Waals surface area contributed by atoms with Gasteiger partial charge in [0.15, 0.2) is 5.82 Å². The second-order valence-electron chi connectivity index (χ2n) is 14.6. The van der Waals surface area contributed by atoms with E-state index >= 15 is 0 Å². The Bertz CT molecular complexity index is 3330. The SMILES string of the molecule is c1ccc(-c2cccc(-c3cc(-c4ccc5c(c4)nc(-c4ccccc4)c4c6ccc(-c7ccc8ccccc8c7)nc6ccc54)nc(-c4ccccc4)n3)c2)cc1. The van der Waals surface area contributed by atoms with Gasteiger partial charge in [-0.3, -0.25) is 0 Å². The van der Waals surface area contributed by atoms with Gasteiger partial charge in [0.25, 0.3) is 0 Å². The quantitative estimate of drug-likeness (QED) is 0.159. The van der Waals surface area contributed by atoms with E-state index in [4.69, 9.17) is 19.9 Å². The van der Waals surface area contributed by atoms with E-state index in [9.17, 15) is 0 Å². The van der Waals surface area contributed by atoms with Crippen molar-refractivity contribution in [3.63, 3.8) is 0 Å². The molecule has 11 aromatic rings. The number of pyridine rings is 2. The molecule has 11 rings (SSSR count). The smallest absolute Gasteiger partial charge is 0.160 e. The molecule has 0 saturated heterocycles. The molecule has 0 fully saturated rings. The van der Waals surface area contributed by atoms with Crippen LogP contribution in [0.4, 0.5) is 0 Å². The number of nitrogens with zero attached hydrogens (tertiary/aromatic N) is 4. The van der Waals surface area contributed by atoms with Gasteiger partial charge >= 0.3 is 0 Å². The zero-order chi connectivity index (χ0) is 38.4. The van der Waals surface area contributed by atoms with Crippen molar-refractivity contribution in [2.75, 3.05) is 0 Å². The van der Waals surface area contributed by atoms with E-state index in [1.54, 1.807) is 0 Å². The fourth-order valence-corrected chi connectivity index (χ4v) is 8.13. The molecule has 3 heterocycles. The molecule has 0 amide bonds. The molecule has 0 radical (unpaired) electrons. The first kappa shape index (κ1) is 33.5. The van der Waals surface area contributed by atoms with E-state index < -0.39 is 0 Å². The van der Waals surface area contributed by atoms with Gasteiger partial charge in [-0.25, -0.2) is 19.9 Å². The standard InChI is InChI=1S/C54H34N4/c1-4-13-35(14-5-1)40-21-12-22-41(31-40)49-34-50(58-54(57-49)38-18-8-3-9-19-38)43-25-26-44-45-27-30-48-46(52(45)53(56-51(44)33-43)37-16-6-2-7-17-37)28-29-47(55-48)42-24-23-36-15-10-11-20-39(36)32-42/h1-34H. The summed E-state index contributed by atoms with van der Waals surface area (Å²) < 4.78 is 0. The highest BCUT2D eigenvalue weighted by Crippen LogP contribution is 2.39. The highest BCUT2D eigenvalue weighted by molar-refractivity contribution is 6.21. The lowest BCUT2D eigenvalue weighted by molar-refractivity contribution is 1.18. The van der Waals surface area contributed by atoms with Gasteiger partial charge in [0, 0.05) is 44.0 Å². The number of benzene rings is 8. The van der Waals surface area contributed by atoms with Gasteiger partial charge in [-0.05, 0) is 69.8 Å². The Hall–Kier alpha value is -7.82. The van der Waals surface area contributed by atoms with Crippen LogP contribution in [0.5, 0.6) is 0 Å². The molecule has 0 unspecified atom stereocenters. The number of fused-ring (bicyclic) bond motifs is 6. The van der Waals surface area contributed by atoms with Crippen molar-refractivity contribution in [1.29, 1.82) is 0 Å². The molecule has 0 spiro atoms. The van der Waals surface area contributed by atoms with Crippen LogP contribution in [0.25, 0.3) is 111 Å². The Balaban J connectivity index is 1.08. The normalized spacial score (nSPS) is 11.4. The van der Waals surface area contributed by atoms with E-state index in [0.29, 0.717) is 5.82 Å². The Kier molecular flexibility index (Phi) is 8.11. The molecule has 4 heteroatoms. The summed E-state index contributed by atoms with van der Waals surface area (Å²) in [6.07, 6.45) is 0. The molecule has 0 aliphatic carbocycles. The zero-order valence-corrected chi connectivity index (χ0v) is 31.4. The van der Waals surface area contributed by atoms with Crippen LogP contribution in [-0.2, 0) is 0 Å². The van der Waals surface area contributed by atoms with Gasteiger partial charge in [0.1, 0.15) is 0 Å². The predicted octanol–water partition coefficient (Wildman–Crippen LogP) is 13.9. The van der Waals surface area contributed by atoms with Crippen LogP contribution in [-0.4, -0.2) is 19.9 Å². The van der Waals surface area contributed by atoms with Crippen LogP contribution in [0.2, 0.25) is 0 Å². The molecule has 0 bridgehead atoms. The summed E-state index contributed by atoms with van der Waals surface area (Å²) in [4.78, 5) is 21.0. The first-order valence-corrected chi connectivity index (χ1v) is 19.5. The van der Waals surface area contributed by atoms with Crippen LogP contribution in [0.15, 0.2) is 206 Å². The molecule has 3 aromatic heterocycles. The third-order valence-corrected chi connectivity index (χ3v) is 11.0. The maximum Gasteiger partial charge on any atom is 0.160 e. The highest BCUT2D eigenvalue weighted by atomic mass is 14.9. The minimum absolute atomic E-state index is 0.678. The minimum atomic E-state index is 0.678. The van der Waals surface area contributed by atoms with Gasteiger partial charge < -0.3 is 0 Å². The summed E-state index contributed by atoms with van der Waals surface area (Å²) in [6.45, 7) is 0. The van der Waals surface area contributed by atoms with Crippen molar-refractivity contribution < 1.29 is 0 Å². The molecule has 58 heavy (non-hydrogen) atoms. The van der Waals surface area contributed by atoms with Crippen molar-refractivity contribution in [1.82, 2.24) is 19.9 Å². The van der Waals surface area contributed by atoms with Gasteiger partial charge in [-0.15, -0.1) is 0 Å². The van der Waals surface area contributed by atoms with Gasteiger partial charge in [-0.1, -0.05) is 164 Å². The van der Waals surface area contributed by atoms with E-state index in [1.165, 1.54) is 10.8 Å². The Morgan fingerprint density at radius 1 is 0.259 bits per heavy atom. The van der Waals surface area contributed by atoms with Crippen molar-refractivity contribution in [3.8, 4) is 67.5 Å². The lowest BCUT2D eigenvalue weighted by atomic mass is 9.95. The monoisotopic (exact) mass is 738 g/mol. The van der Waals surface area contributed by atoms with Crippen molar-refractivity contribution in [2.45, 2.75) is 0 Å². The van der Waals surface area contributed by atoms with Crippen LogP contribution in [0, 0.1) is 0 Å².